The Morgan fingerprint density at radius 3 is 2.50 bits per heavy atom. The second kappa shape index (κ2) is 11.6. The average molecular weight is 462 g/mol. The minimum atomic E-state index is -0.475. The zero-order valence-corrected chi connectivity index (χ0v) is 20.7. The first kappa shape index (κ1) is 25.2. The standard InChI is InChI=1S/C28H35N3O3/c1-5-30(17-7-10-22-8-6-9-23(20-22)21-29)24-11-13-25(14-12-24)33-26-15-18-31(19-16-26)27(32)34-28(2,3)4/h6-14,20,26H,5,15-19H2,1-4H3. The van der Waals surface area contributed by atoms with Crippen molar-refractivity contribution < 1.29 is 14.3 Å². The molecule has 0 saturated carbocycles. The Hall–Kier alpha value is -3.46. The highest BCUT2D eigenvalue weighted by Gasteiger charge is 2.27. The molecule has 3 rings (SSSR count). The van der Waals surface area contributed by atoms with Crippen molar-refractivity contribution >= 4 is 17.9 Å². The van der Waals surface area contributed by atoms with Gasteiger partial charge in [0.2, 0.25) is 0 Å². The third kappa shape index (κ3) is 7.55. The second-order valence-corrected chi connectivity index (χ2v) is 9.46. The smallest absolute Gasteiger partial charge is 0.410 e. The first-order valence-electron chi connectivity index (χ1n) is 11.9. The Morgan fingerprint density at radius 1 is 1.18 bits per heavy atom. The second-order valence-electron chi connectivity index (χ2n) is 9.46. The Balaban J connectivity index is 1.49. The van der Waals surface area contributed by atoms with Crippen LogP contribution in [0.4, 0.5) is 10.5 Å². The number of nitrogens with zero attached hydrogens (tertiary/aromatic N) is 3. The van der Waals surface area contributed by atoms with Gasteiger partial charge in [-0.1, -0.05) is 24.3 Å². The number of ether oxygens (including phenoxy) is 2. The van der Waals surface area contributed by atoms with Gasteiger partial charge in [-0.15, -0.1) is 0 Å². The number of hydrogen-bond acceptors (Lipinski definition) is 5. The predicted octanol–water partition coefficient (Wildman–Crippen LogP) is 5.88. The van der Waals surface area contributed by atoms with Crippen molar-refractivity contribution in [3.63, 3.8) is 0 Å². The first-order valence-corrected chi connectivity index (χ1v) is 11.9. The van der Waals surface area contributed by atoms with E-state index >= 15 is 0 Å². The van der Waals surface area contributed by atoms with Crippen LogP contribution < -0.4 is 9.64 Å². The molecule has 6 heteroatoms. The Kier molecular flexibility index (Phi) is 8.59. The molecule has 0 N–H and O–H groups in total. The van der Waals surface area contributed by atoms with Crippen LogP contribution in [0.1, 0.15) is 51.7 Å². The van der Waals surface area contributed by atoms with Gasteiger partial charge in [0.1, 0.15) is 17.5 Å². The van der Waals surface area contributed by atoms with Gasteiger partial charge in [-0.3, -0.25) is 0 Å². The van der Waals surface area contributed by atoms with Crippen LogP contribution in [0.25, 0.3) is 6.08 Å². The lowest BCUT2D eigenvalue weighted by molar-refractivity contribution is 0.0126. The van der Waals surface area contributed by atoms with Crippen LogP contribution in [0.2, 0.25) is 0 Å². The predicted molar refractivity (Wildman–Crippen MR) is 136 cm³/mol. The molecular formula is C28H35N3O3. The fourth-order valence-electron chi connectivity index (χ4n) is 3.86. The van der Waals surface area contributed by atoms with Gasteiger partial charge in [0.25, 0.3) is 0 Å². The van der Waals surface area contributed by atoms with Gasteiger partial charge in [0, 0.05) is 44.7 Å². The van der Waals surface area contributed by atoms with E-state index in [1.54, 1.807) is 4.90 Å². The van der Waals surface area contributed by atoms with Crippen LogP contribution in [0.3, 0.4) is 0 Å². The normalized spacial score (nSPS) is 14.6. The molecule has 1 fully saturated rings. The summed E-state index contributed by atoms with van der Waals surface area (Å²) in [6, 6.07) is 18.0. The number of likely N-dealkylation sites (tertiary alicyclic amines) is 1. The molecule has 1 saturated heterocycles. The molecule has 0 spiro atoms. The van der Waals surface area contributed by atoms with Crippen LogP contribution in [-0.2, 0) is 4.74 Å². The molecule has 0 radical (unpaired) electrons. The molecule has 2 aromatic rings. The van der Waals surface area contributed by atoms with E-state index in [1.807, 2.05) is 63.2 Å². The number of carbonyl (C=O) groups excluding carboxylic acids is 1. The third-order valence-electron chi connectivity index (χ3n) is 5.63. The van der Waals surface area contributed by atoms with Crippen LogP contribution in [0.5, 0.6) is 5.75 Å². The summed E-state index contributed by atoms with van der Waals surface area (Å²) in [6.07, 6.45) is 5.59. The maximum atomic E-state index is 12.2. The monoisotopic (exact) mass is 461 g/mol. The lowest BCUT2D eigenvalue weighted by atomic mass is 10.1. The minimum Gasteiger partial charge on any atom is -0.490 e. The number of anilines is 1. The molecule has 6 nitrogen and oxygen atoms in total. The SMILES string of the molecule is CCN(CC=Cc1cccc(C#N)c1)c1ccc(OC2CCN(C(=O)OC(C)(C)C)CC2)cc1. The number of piperidine rings is 1. The summed E-state index contributed by atoms with van der Waals surface area (Å²) in [5.41, 5.74) is 2.35. The number of rotatable bonds is 7. The van der Waals surface area contributed by atoms with Gasteiger partial charge in [-0.05, 0) is 69.7 Å². The van der Waals surface area contributed by atoms with Crippen molar-refractivity contribution in [2.45, 2.75) is 52.2 Å². The summed E-state index contributed by atoms with van der Waals surface area (Å²) in [5.74, 6) is 0.847. The van der Waals surface area contributed by atoms with Gasteiger partial charge in [0.15, 0.2) is 0 Å². The molecule has 0 aliphatic carbocycles. The van der Waals surface area contributed by atoms with E-state index < -0.39 is 5.60 Å². The van der Waals surface area contributed by atoms with Gasteiger partial charge in [-0.25, -0.2) is 4.79 Å². The van der Waals surface area contributed by atoms with Crippen molar-refractivity contribution in [1.82, 2.24) is 4.90 Å². The maximum absolute atomic E-state index is 12.2. The van der Waals surface area contributed by atoms with E-state index in [0.717, 1.165) is 42.9 Å². The number of benzene rings is 2. The number of nitriles is 1. The molecule has 0 bridgehead atoms. The molecule has 180 valence electrons. The summed E-state index contributed by atoms with van der Waals surface area (Å²) >= 11 is 0. The molecule has 1 aliphatic rings. The molecule has 1 aliphatic heterocycles. The van der Waals surface area contributed by atoms with Crippen LogP contribution in [-0.4, -0.2) is 48.9 Å². The number of amides is 1. The summed E-state index contributed by atoms with van der Waals surface area (Å²) in [6.45, 7) is 10.7. The zero-order valence-electron chi connectivity index (χ0n) is 20.7. The van der Waals surface area contributed by atoms with Crippen LogP contribution in [0, 0.1) is 11.3 Å². The van der Waals surface area contributed by atoms with Crippen molar-refractivity contribution in [3.05, 3.63) is 65.7 Å². The number of likely N-dealkylation sites (N-methyl/N-ethyl adjacent to an activating group) is 1. The highest BCUT2D eigenvalue weighted by atomic mass is 16.6. The van der Waals surface area contributed by atoms with E-state index in [1.165, 1.54) is 0 Å². The molecular weight excluding hydrogens is 426 g/mol. The molecule has 0 aromatic heterocycles. The van der Waals surface area contributed by atoms with E-state index in [9.17, 15) is 4.79 Å². The molecule has 0 unspecified atom stereocenters. The van der Waals surface area contributed by atoms with Gasteiger partial charge < -0.3 is 19.3 Å². The van der Waals surface area contributed by atoms with Crippen LogP contribution >= 0.6 is 0 Å². The largest absolute Gasteiger partial charge is 0.490 e. The molecule has 34 heavy (non-hydrogen) atoms. The fraction of sp³-hybridized carbons (Fsp3) is 0.429. The molecule has 2 aromatic carbocycles. The maximum Gasteiger partial charge on any atom is 0.410 e. The number of carbonyl (C=O) groups is 1. The first-order chi connectivity index (χ1) is 16.3. The molecule has 1 amide bonds. The Morgan fingerprint density at radius 2 is 1.88 bits per heavy atom. The van der Waals surface area contributed by atoms with Crippen LogP contribution in [0.15, 0.2) is 54.6 Å². The molecule has 1 heterocycles. The summed E-state index contributed by atoms with van der Waals surface area (Å²) in [5, 5.41) is 9.05. The topological polar surface area (TPSA) is 65.8 Å². The van der Waals surface area contributed by atoms with E-state index in [4.69, 9.17) is 14.7 Å². The Labute approximate surface area is 203 Å². The van der Waals surface area contributed by atoms with E-state index in [2.05, 4.69) is 36.1 Å². The van der Waals surface area contributed by atoms with Gasteiger partial charge >= 0.3 is 6.09 Å². The highest BCUT2D eigenvalue weighted by molar-refractivity contribution is 5.68. The van der Waals surface area contributed by atoms with Crippen molar-refractivity contribution in [2.24, 2.45) is 0 Å². The van der Waals surface area contributed by atoms with E-state index in [-0.39, 0.29) is 12.2 Å². The van der Waals surface area contributed by atoms with Gasteiger partial charge in [-0.2, -0.15) is 5.26 Å². The lowest BCUT2D eigenvalue weighted by Crippen LogP contribution is -2.44. The quantitative estimate of drug-likeness (QED) is 0.515. The van der Waals surface area contributed by atoms with Gasteiger partial charge in [0.05, 0.1) is 11.6 Å². The van der Waals surface area contributed by atoms with Crippen molar-refractivity contribution in [1.29, 1.82) is 5.26 Å². The highest BCUT2D eigenvalue weighted by Crippen LogP contribution is 2.24. The molecule has 0 atom stereocenters. The summed E-state index contributed by atoms with van der Waals surface area (Å²) < 4.78 is 11.6. The fourth-order valence-corrected chi connectivity index (χ4v) is 3.86. The Bertz CT molecular complexity index is 1010. The van der Waals surface area contributed by atoms with Crippen molar-refractivity contribution in [3.8, 4) is 11.8 Å². The number of hydrogen-bond donors (Lipinski definition) is 0. The van der Waals surface area contributed by atoms with E-state index in [0.29, 0.717) is 18.7 Å². The third-order valence-corrected chi connectivity index (χ3v) is 5.63. The lowest BCUT2D eigenvalue weighted by Gasteiger charge is -2.33. The van der Waals surface area contributed by atoms with Crippen molar-refractivity contribution in [2.75, 3.05) is 31.1 Å². The summed E-state index contributed by atoms with van der Waals surface area (Å²) in [4.78, 5) is 16.3. The average Bonchev–Trinajstić information content (AvgIpc) is 2.82. The zero-order chi connectivity index (χ0) is 24.6. The summed E-state index contributed by atoms with van der Waals surface area (Å²) in [7, 11) is 0. The minimum absolute atomic E-state index is 0.0962.